The van der Waals surface area contributed by atoms with Gasteiger partial charge in [-0.2, -0.15) is 13.2 Å². The zero-order valence-electron chi connectivity index (χ0n) is 14.3. The molecule has 1 fully saturated rings. The van der Waals surface area contributed by atoms with Crippen LogP contribution < -0.4 is 0 Å². The van der Waals surface area contributed by atoms with Gasteiger partial charge in [-0.3, -0.25) is 4.79 Å². The second-order valence-corrected chi connectivity index (χ2v) is 6.80. The lowest BCUT2D eigenvalue weighted by Crippen LogP contribution is -2.49. The van der Waals surface area contributed by atoms with Gasteiger partial charge in [0.1, 0.15) is 0 Å². The average molecular weight is 375 g/mol. The number of piperidine rings is 1. The summed E-state index contributed by atoms with van der Waals surface area (Å²) in [6, 6.07) is 11.7. The van der Waals surface area contributed by atoms with Gasteiger partial charge in [0.05, 0.1) is 23.2 Å². The third-order valence-electron chi connectivity index (χ3n) is 5.13. The van der Waals surface area contributed by atoms with Crippen LogP contribution >= 0.6 is 0 Å². The predicted octanol–water partition coefficient (Wildman–Crippen LogP) is 4.01. The van der Waals surface area contributed by atoms with E-state index in [4.69, 9.17) is 4.74 Å². The highest BCUT2D eigenvalue weighted by atomic mass is 19.4. The summed E-state index contributed by atoms with van der Waals surface area (Å²) in [5.74, 6) is -1.17. The minimum Gasteiger partial charge on any atom is -0.449 e. The molecule has 2 aromatic carbocycles. The lowest BCUT2D eigenvalue weighted by atomic mass is 9.84. The number of hydrogen-bond donors (Lipinski definition) is 0. The Morgan fingerprint density at radius 3 is 2.56 bits per heavy atom. The van der Waals surface area contributed by atoms with Gasteiger partial charge in [0.15, 0.2) is 5.60 Å². The number of hydrogen-bond acceptors (Lipinski definition) is 3. The fourth-order valence-electron chi connectivity index (χ4n) is 3.93. The summed E-state index contributed by atoms with van der Waals surface area (Å²) < 4.78 is 45.5. The number of halogens is 3. The molecule has 4 rings (SSSR count). The number of carbonyl (C=O) groups is 2. The number of nitrogens with zero attached hydrogens (tertiary/aromatic N) is 1. The summed E-state index contributed by atoms with van der Waals surface area (Å²) in [7, 11) is 0. The van der Waals surface area contributed by atoms with Crippen LogP contribution in [0.5, 0.6) is 0 Å². The number of carbonyl (C=O) groups excluding carboxylic acids is 2. The Morgan fingerprint density at radius 2 is 1.78 bits per heavy atom. The number of ether oxygens (including phenoxy) is 1. The van der Waals surface area contributed by atoms with Crippen LogP contribution in [0.15, 0.2) is 48.5 Å². The van der Waals surface area contributed by atoms with E-state index in [1.165, 1.54) is 23.1 Å². The number of likely N-dealkylation sites (tertiary alicyclic amines) is 1. The van der Waals surface area contributed by atoms with Crippen molar-refractivity contribution in [3.8, 4) is 0 Å². The Balaban J connectivity index is 1.68. The van der Waals surface area contributed by atoms with E-state index in [1.54, 1.807) is 24.3 Å². The molecule has 0 N–H and O–H groups in total. The van der Waals surface area contributed by atoms with Gasteiger partial charge in [0.2, 0.25) is 0 Å². The van der Waals surface area contributed by atoms with E-state index in [-0.39, 0.29) is 12.1 Å². The number of esters is 1. The standard InChI is InChI=1S/C20H16F3NO3/c21-20(22,23)16-9-4-1-6-13(16)17(25)24-11-5-10-19(12-24)15-8-3-2-7-14(15)18(26)27-19/h1-4,6-9H,5,10-12H2/t19-/m0/s1. The Labute approximate surface area is 153 Å². The minimum atomic E-state index is -4.62. The molecule has 0 radical (unpaired) electrons. The minimum absolute atomic E-state index is 0.0424. The molecule has 0 saturated carbocycles. The summed E-state index contributed by atoms with van der Waals surface area (Å²) in [6.45, 7) is 0.354. The molecule has 27 heavy (non-hydrogen) atoms. The molecule has 140 valence electrons. The zero-order valence-corrected chi connectivity index (χ0v) is 14.3. The third kappa shape index (κ3) is 2.87. The van der Waals surface area contributed by atoms with Crippen LogP contribution in [0.2, 0.25) is 0 Å². The first-order valence-electron chi connectivity index (χ1n) is 8.60. The van der Waals surface area contributed by atoms with Crippen molar-refractivity contribution in [2.45, 2.75) is 24.6 Å². The lowest BCUT2D eigenvalue weighted by Gasteiger charge is -2.39. The van der Waals surface area contributed by atoms with E-state index in [0.717, 1.165) is 6.07 Å². The van der Waals surface area contributed by atoms with Crippen LogP contribution in [-0.2, 0) is 16.5 Å². The molecule has 0 unspecified atom stereocenters. The topological polar surface area (TPSA) is 46.6 Å². The first kappa shape index (κ1) is 17.6. The van der Waals surface area contributed by atoms with Gasteiger partial charge in [0, 0.05) is 12.1 Å². The van der Waals surface area contributed by atoms with Crippen molar-refractivity contribution in [2.24, 2.45) is 0 Å². The van der Waals surface area contributed by atoms with E-state index < -0.39 is 29.2 Å². The quantitative estimate of drug-likeness (QED) is 0.708. The Morgan fingerprint density at radius 1 is 1.07 bits per heavy atom. The molecule has 2 heterocycles. The van der Waals surface area contributed by atoms with Gasteiger partial charge >= 0.3 is 12.1 Å². The smallest absolute Gasteiger partial charge is 0.417 e. The molecule has 1 atom stereocenters. The van der Waals surface area contributed by atoms with Crippen molar-refractivity contribution >= 4 is 11.9 Å². The van der Waals surface area contributed by atoms with Gasteiger partial charge in [0.25, 0.3) is 5.91 Å². The molecule has 0 aliphatic carbocycles. The first-order chi connectivity index (χ1) is 12.8. The summed E-state index contributed by atoms with van der Waals surface area (Å²) in [5, 5.41) is 0. The highest BCUT2D eigenvalue weighted by Crippen LogP contribution is 2.43. The molecule has 1 spiro atoms. The molecule has 1 saturated heterocycles. The molecule has 4 nitrogen and oxygen atoms in total. The van der Waals surface area contributed by atoms with Crippen molar-refractivity contribution in [1.29, 1.82) is 0 Å². The SMILES string of the molecule is O=C1O[C@]2(CCCN(C(=O)c3ccccc3C(F)(F)F)C2)c2ccccc21. The van der Waals surface area contributed by atoms with E-state index in [1.807, 2.05) is 0 Å². The summed E-state index contributed by atoms with van der Waals surface area (Å²) in [5.41, 5.74) is -1.20. The van der Waals surface area contributed by atoms with Crippen molar-refractivity contribution in [3.05, 3.63) is 70.8 Å². The highest BCUT2D eigenvalue weighted by molar-refractivity contribution is 5.97. The van der Waals surface area contributed by atoms with E-state index in [0.29, 0.717) is 30.5 Å². The Hall–Kier alpha value is -2.83. The predicted molar refractivity (Wildman–Crippen MR) is 90.1 cm³/mol. The fraction of sp³-hybridized carbons (Fsp3) is 0.300. The molecule has 1 amide bonds. The Kier molecular flexibility index (Phi) is 3.98. The van der Waals surface area contributed by atoms with Crippen LogP contribution in [0.25, 0.3) is 0 Å². The van der Waals surface area contributed by atoms with Crippen molar-refractivity contribution in [1.82, 2.24) is 4.90 Å². The third-order valence-corrected chi connectivity index (χ3v) is 5.13. The van der Waals surface area contributed by atoms with E-state index in [9.17, 15) is 22.8 Å². The number of rotatable bonds is 1. The van der Waals surface area contributed by atoms with E-state index in [2.05, 4.69) is 0 Å². The second kappa shape index (κ2) is 6.11. The number of amides is 1. The number of alkyl halides is 3. The maximum atomic E-state index is 13.3. The largest absolute Gasteiger partial charge is 0.449 e. The molecule has 2 aliphatic heterocycles. The molecule has 0 aromatic heterocycles. The van der Waals surface area contributed by atoms with Crippen LogP contribution in [-0.4, -0.2) is 29.9 Å². The highest BCUT2D eigenvalue weighted by Gasteiger charge is 2.49. The van der Waals surface area contributed by atoms with Crippen LogP contribution in [0.4, 0.5) is 13.2 Å². The monoisotopic (exact) mass is 375 g/mol. The van der Waals surface area contributed by atoms with Crippen molar-refractivity contribution < 1.29 is 27.5 Å². The number of benzene rings is 2. The van der Waals surface area contributed by atoms with E-state index >= 15 is 0 Å². The molecule has 7 heteroatoms. The zero-order chi connectivity index (χ0) is 19.2. The maximum absolute atomic E-state index is 13.3. The Bertz CT molecular complexity index is 925. The summed E-state index contributed by atoms with van der Waals surface area (Å²) >= 11 is 0. The van der Waals surface area contributed by atoms with Crippen LogP contribution in [0.3, 0.4) is 0 Å². The molecule has 2 aromatic rings. The van der Waals surface area contributed by atoms with Gasteiger partial charge < -0.3 is 9.64 Å². The maximum Gasteiger partial charge on any atom is 0.417 e. The lowest BCUT2D eigenvalue weighted by molar-refractivity contribution is -0.138. The normalized spacial score (nSPS) is 21.9. The van der Waals surface area contributed by atoms with Gasteiger partial charge in [-0.25, -0.2) is 4.79 Å². The molecule has 0 bridgehead atoms. The molecule has 2 aliphatic rings. The fourth-order valence-corrected chi connectivity index (χ4v) is 3.93. The molecular formula is C20H16F3NO3. The van der Waals surface area contributed by atoms with Crippen molar-refractivity contribution in [2.75, 3.05) is 13.1 Å². The second-order valence-electron chi connectivity index (χ2n) is 6.80. The van der Waals surface area contributed by atoms with Crippen LogP contribution in [0, 0.1) is 0 Å². The average Bonchev–Trinajstić information content (AvgIpc) is 2.92. The van der Waals surface area contributed by atoms with Gasteiger partial charge in [-0.15, -0.1) is 0 Å². The first-order valence-corrected chi connectivity index (χ1v) is 8.60. The summed E-state index contributed by atoms with van der Waals surface area (Å²) in [6.07, 6.45) is -3.56. The number of fused-ring (bicyclic) bond motifs is 2. The van der Waals surface area contributed by atoms with Crippen molar-refractivity contribution in [3.63, 3.8) is 0 Å². The van der Waals surface area contributed by atoms with Gasteiger partial charge in [-0.1, -0.05) is 30.3 Å². The molecular weight excluding hydrogens is 359 g/mol. The van der Waals surface area contributed by atoms with Gasteiger partial charge in [-0.05, 0) is 31.0 Å². The summed E-state index contributed by atoms with van der Waals surface area (Å²) in [4.78, 5) is 26.4. The van der Waals surface area contributed by atoms with Crippen LogP contribution in [0.1, 0.15) is 44.7 Å².